The van der Waals surface area contributed by atoms with Crippen LogP contribution in [0.1, 0.15) is 5.56 Å². The van der Waals surface area contributed by atoms with Gasteiger partial charge in [-0.25, -0.2) is 4.68 Å². The normalized spacial score (nSPS) is 10.5. The van der Waals surface area contributed by atoms with Gasteiger partial charge in [0.05, 0.1) is 16.9 Å². The van der Waals surface area contributed by atoms with Gasteiger partial charge in [0.1, 0.15) is 0 Å². The number of hydrogen-bond acceptors (Lipinski definition) is 3. The van der Waals surface area contributed by atoms with Crippen molar-refractivity contribution in [2.24, 2.45) is 0 Å². The Morgan fingerprint density at radius 1 is 1.47 bits per heavy atom. The molecule has 0 unspecified atom stereocenters. The highest BCUT2D eigenvalue weighted by Gasteiger charge is 2.04. The summed E-state index contributed by atoms with van der Waals surface area (Å²) in [4.78, 5) is 4.08. The highest BCUT2D eigenvalue weighted by Crippen LogP contribution is 2.14. The third kappa shape index (κ3) is 2.16. The summed E-state index contributed by atoms with van der Waals surface area (Å²) in [5.74, 6) is 0. The standard InChI is InChI=1S/C10H11ClN4/c1-12-4-8-5-13-3-2-10(8)15-7-9(11)6-14-15/h2-3,5-7,12H,4H2,1H3. The van der Waals surface area contributed by atoms with E-state index in [1.54, 1.807) is 23.3 Å². The summed E-state index contributed by atoms with van der Waals surface area (Å²) in [5.41, 5.74) is 2.08. The third-order valence-corrected chi connectivity index (χ3v) is 2.24. The second-order valence-electron chi connectivity index (χ2n) is 3.14. The molecule has 0 aromatic carbocycles. The van der Waals surface area contributed by atoms with Gasteiger partial charge in [-0.05, 0) is 13.1 Å². The molecule has 5 heteroatoms. The maximum absolute atomic E-state index is 5.83. The molecule has 0 saturated heterocycles. The van der Waals surface area contributed by atoms with Gasteiger partial charge in [-0.3, -0.25) is 4.98 Å². The van der Waals surface area contributed by atoms with Crippen LogP contribution in [0.25, 0.3) is 5.69 Å². The monoisotopic (exact) mass is 222 g/mol. The maximum atomic E-state index is 5.83. The van der Waals surface area contributed by atoms with E-state index < -0.39 is 0 Å². The van der Waals surface area contributed by atoms with E-state index in [9.17, 15) is 0 Å². The van der Waals surface area contributed by atoms with E-state index in [0.717, 1.165) is 17.8 Å². The zero-order valence-corrected chi connectivity index (χ0v) is 9.07. The average Bonchev–Trinajstić information content (AvgIpc) is 2.66. The topological polar surface area (TPSA) is 42.7 Å². The SMILES string of the molecule is CNCc1cnccc1-n1cc(Cl)cn1. The smallest absolute Gasteiger partial charge is 0.0790 e. The van der Waals surface area contributed by atoms with Crippen molar-refractivity contribution in [2.75, 3.05) is 7.05 Å². The van der Waals surface area contributed by atoms with Crippen molar-refractivity contribution in [1.82, 2.24) is 20.1 Å². The molecule has 0 amide bonds. The van der Waals surface area contributed by atoms with Crippen molar-refractivity contribution in [1.29, 1.82) is 0 Å². The molecular formula is C10H11ClN4. The van der Waals surface area contributed by atoms with Crippen LogP contribution in [0.5, 0.6) is 0 Å². The Bertz CT molecular complexity index is 452. The fourth-order valence-corrected chi connectivity index (χ4v) is 1.54. The number of nitrogens with zero attached hydrogens (tertiary/aromatic N) is 3. The quantitative estimate of drug-likeness (QED) is 0.859. The molecule has 2 aromatic rings. The Hall–Kier alpha value is -1.39. The Balaban J connectivity index is 2.42. The van der Waals surface area contributed by atoms with Crippen molar-refractivity contribution in [2.45, 2.75) is 6.54 Å². The van der Waals surface area contributed by atoms with Gasteiger partial charge in [0, 0.05) is 30.7 Å². The van der Waals surface area contributed by atoms with Crippen LogP contribution in [0, 0.1) is 0 Å². The summed E-state index contributed by atoms with van der Waals surface area (Å²) in [5, 5.41) is 7.87. The lowest BCUT2D eigenvalue weighted by Gasteiger charge is -2.07. The number of pyridine rings is 1. The van der Waals surface area contributed by atoms with Gasteiger partial charge in [0.15, 0.2) is 0 Å². The summed E-state index contributed by atoms with van der Waals surface area (Å²) in [6.07, 6.45) is 6.95. The third-order valence-electron chi connectivity index (χ3n) is 2.04. The largest absolute Gasteiger partial charge is 0.316 e. The Labute approximate surface area is 92.9 Å². The Kier molecular flexibility index (Phi) is 2.99. The fraction of sp³-hybridized carbons (Fsp3) is 0.200. The summed E-state index contributed by atoms with van der Waals surface area (Å²) < 4.78 is 1.75. The summed E-state index contributed by atoms with van der Waals surface area (Å²) in [6, 6.07) is 1.91. The minimum Gasteiger partial charge on any atom is -0.316 e. The first kappa shape index (κ1) is 10.1. The van der Waals surface area contributed by atoms with Gasteiger partial charge in [-0.15, -0.1) is 0 Å². The predicted octanol–water partition coefficient (Wildman–Crippen LogP) is 1.64. The highest BCUT2D eigenvalue weighted by molar-refractivity contribution is 6.30. The molecule has 2 heterocycles. The van der Waals surface area contributed by atoms with Crippen LogP contribution in [-0.2, 0) is 6.54 Å². The number of halogens is 1. The molecule has 0 atom stereocenters. The first-order valence-corrected chi connectivity index (χ1v) is 4.97. The van der Waals surface area contributed by atoms with Gasteiger partial charge < -0.3 is 5.32 Å². The van der Waals surface area contributed by atoms with E-state index in [1.165, 1.54) is 0 Å². The van der Waals surface area contributed by atoms with E-state index in [0.29, 0.717) is 5.02 Å². The van der Waals surface area contributed by atoms with E-state index in [1.807, 2.05) is 19.3 Å². The van der Waals surface area contributed by atoms with Crippen molar-refractivity contribution in [3.05, 3.63) is 41.4 Å². The minimum absolute atomic E-state index is 0.627. The summed E-state index contributed by atoms with van der Waals surface area (Å²) in [7, 11) is 1.90. The highest BCUT2D eigenvalue weighted by atomic mass is 35.5. The van der Waals surface area contributed by atoms with Crippen LogP contribution in [-0.4, -0.2) is 21.8 Å². The molecule has 1 N–H and O–H groups in total. The second-order valence-corrected chi connectivity index (χ2v) is 3.57. The van der Waals surface area contributed by atoms with Gasteiger partial charge in [0.2, 0.25) is 0 Å². The predicted molar refractivity (Wildman–Crippen MR) is 59.1 cm³/mol. The lowest BCUT2D eigenvalue weighted by atomic mass is 10.2. The minimum atomic E-state index is 0.627. The number of hydrogen-bond donors (Lipinski definition) is 1. The van der Waals surface area contributed by atoms with Gasteiger partial charge in [-0.2, -0.15) is 5.10 Å². The van der Waals surface area contributed by atoms with Crippen LogP contribution in [0.15, 0.2) is 30.9 Å². The lowest BCUT2D eigenvalue weighted by molar-refractivity contribution is 0.783. The molecule has 0 aliphatic heterocycles. The first-order chi connectivity index (χ1) is 7.31. The second kappa shape index (κ2) is 4.42. The Morgan fingerprint density at radius 3 is 3.00 bits per heavy atom. The summed E-state index contributed by atoms with van der Waals surface area (Å²) >= 11 is 5.83. The van der Waals surface area contributed by atoms with Crippen LogP contribution >= 0.6 is 11.6 Å². The molecule has 0 fully saturated rings. The summed E-state index contributed by atoms with van der Waals surface area (Å²) in [6.45, 7) is 0.751. The van der Waals surface area contributed by atoms with E-state index in [-0.39, 0.29) is 0 Å². The molecule has 0 radical (unpaired) electrons. The van der Waals surface area contributed by atoms with E-state index in [4.69, 9.17) is 11.6 Å². The fourth-order valence-electron chi connectivity index (χ4n) is 1.40. The molecule has 4 nitrogen and oxygen atoms in total. The van der Waals surface area contributed by atoms with Gasteiger partial charge in [-0.1, -0.05) is 11.6 Å². The molecular weight excluding hydrogens is 212 g/mol. The lowest BCUT2D eigenvalue weighted by Crippen LogP contribution is -2.09. The van der Waals surface area contributed by atoms with Gasteiger partial charge in [0.25, 0.3) is 0 Å². The first-order valence-electron chi connectivity index (χ1n) is 4.59. The zero-order valence-electron chi connectivity index (χ0n) is 8.31. The molecule has 2 aromatic heterocycles. The molecule has 0 saturated carbocycles. The zero-order chi connectivity index (χ0) is 10.7. The molecule has 0 aliphatic rings. The Morgan fingerprint density at radius 2 is 2.33 bits per heavy atom. The van der Waals surface area contributed by atoms with Crippen molar-refractivity contribution < 1.29 is 0 Å². The van der Waals surface area contributed by atoms with E-state index in [2.05, 4.69) is 15.4 Å². The maximum Gasteiger partial charge on any atom is 0.0790 e. The van der Waals surface area contributed by atoms with E-state index >= 15 is 0 Å². The van der Waals surface area contributed by atoms with Crippen molar-refractivity contribution in [3.8, 4) is 5.69 Å². The number of nitrogens with one attached hydrogen (secondary N) is 1. The van der Waals surface area contributed by atoms with Crippen LogP contribution in [0.2, 0.25) is 5.02 Å². The van der Waals surface area contributed by atoms with Crippen LogP contribution in [0.3, 0.4) is 0 Å². The molecule has 0 bridgehead atoms. The van der Waals surface area contributed by atoms with Crippen molar-refractivity contribution in [3.63, 3.8) is 0 Å². The van der Waals surface area contributed by atoms with Crippen molar-refractivity contribution >= 4 is 11.6 Å². The molecule has 0 spiro atoms. The number of aromatic nitrogens is 3. The van der Waals surface area contributed by atoms with Crippen LogP contribution in [0.4, 0.5) is 0 Å². The molecule has 15 heavy (non-hydrogen) atoms. The molecule has 0 aliphatic carbocycles. The molecule has 2 rings (SSSR count). The number of rotatable bonds is 3. The average molecular weight is 223 g/mol. The van der Waals surface area contributed by atoms with Crippen LogP contribution < -0.4 is 5.32 Å². The van der Waals surface area contributed by atoms with Gasteiger partial charge >= 0.3 is 0 Å². The molecule has 78 valence electrons.